The number of likely N-dealkylation sites (tertiary alicyclic amines) is 1. The number of aliphatic hydroxyl groups is 1. The molecule has 1 atom stereocenters. The molecule has 1 unspecified atom stereocenters. The number of hydrogen-bond acceptors (Lipinski definition) is 6. The maximum atomic E-state index is 13.5. The molecular weight excluding hydrogens is 540 g/mol. The van der Waals surface area contributed by atoms with E-state index >= 15 is 0 Å². The van der Waals surface area contributed by atoms with Gasteiger partial charge in [-0.25, -0.2) is 0 Å². The van der Waals surface area contributed by atoms with Crippen molar-refractivity contribution in [3.63, 3.8) is 0 Å². The van der Waals surface area contributed by atoms with Gasteiger partial charge in [-0.1, -0.05) is 74.5 Å². The maximum Gasteiger partial charge on any atom is 0.295 e. The van der Waals surface area contributed by atoms with E-state index < -0.39 is 17.7 Å². The predicted octanol–water partition coefficient (Wildman–Crippen LogP) is 6.82. The average Bonchev–Trinajstić information content (AvgIpc) is 3.30. The van der Waals surface area contributed by atoms with Crippen LogP contribution in [0.1, 0.15) is 36.6 Å². The molecule has 0 aliphatic carbocycles. The van der Waals surface area contributed by atoms with E-state index in [1.165, 1.54) is 0 Å². The summed E-state index contributed by atoms with van der Waals surface area (Å²) >= 11 is 0. The lowest BCUT2D eigenvalue weighted by Gasteiger charge is -2.28. The number of likely N-dealkylation sites (N-methyl/N-ethyl adjacent to an activating group) is 1. The van der Waals surface area contributed by atoms with Crippen LogP contribution in [-0.4, -0.2) is 52.8 Å². The fourth-order valence-electron chi connectivity index (χ4n) is 5.22. The Morgan fingerprint density at radius 1 is 0.791 bits per heavy atom. The molecule has 0 bridgehead atoms. The van der Waals surface area contributed by atoms with Gasteiger partial charge >= 0.3 is 0 Å². The van der Waals surface area contributed by atoms with Gasteiger partial charge in [0.1, 0.15) is 29.6 Å². The molecular formula is C36H36N2O5. The van der Waals surface area contributed by atoms with Crippen LogP contribution in [-0.2, 0) is 16.2 Å². The Bertz CT molecular complexity index is 1560. The number of para-hydroxylation sites is 1. The number of benzene rings is 4. The average molecular weight is 577 g/mol. The van der Waals surface area contributed by atoms with Gasteiger partial charge in [-0.3, -0.25) is 9.59 Å². The molecule has 7 heteroatoms. The van der Waals surface area contributed by atoms with Gasteiger partial charge in [0.25, 0.3) is 11.7 Å². The zero-order valence-corrected chi connectivity index (χ0v) is 24.5. The number of ketones is 1. The number of Topliss-reactive ketones (excluding diaryl/α,β-unsaturated/α-hetero) is 1. The highest BCUT2D eigenvalue weighted by Gasteiger charge is 2.46. The highest BCUT2D eigenvalue weighted by molar-refractivity contribution is 6.46. The van der Waals surface area contributed by atoms with E-state index in [9.17, 15) is 14.7 Å². The number of rotatable bonds is 12. The molecule has 1 saturated heterocycles. The van der Waals surface area contributed by atoms with Gasteiger partial charge in [0.15, 0.2) is 0 Å². The Morgan fingerprint density at radius 3 is 2.12 bits per heavy atom. The SMILES string of the molecule is CCN(CC)CCN1C(=O)C(=O)/C(=C(/O)c2ccc(OCc3ccccc3)cc2)C1c1cccc(Oc2ccccc2)c1. The smallest absolute Gasteiger partial charge is 0.295 e. The molecule has 4 aromatic carbocycles. The van der Waals surface area contributed by atoms with Crippen molar-refractivity contribution in [3.8, 4) is 17.2 Å². The summed E-state index contributed by atoms with van der Waals surface area (Å²) in [4.78, 5) is 30.7. The van der Waals surface area contributed by atoms with Crippen molar-refractivity contribution in [1.82, 2.24) is 9.80 Å². The summed E-state index contributed by atoms with van der Waals surface area (Å²) in [7, 11) is 0. The Hall–Kier alpha value is -4.88. The Morgan fingerprint density at radius 2 is 1.44 bits per heavy atom. The Balaban J connectivity index is 1.47. The third kappa shape index (κ3) is 6.96. The molecule has 0 aromatic heterocycles. The van der Waals surface area contributed by atoms with Crippen LogP contribution in [0.4, 0.5) is 0 Å². The lowest BCUT2D eigenvalue weighted by Crippen LogP contribution is -2.38. The molecule has 0 saturated carbocycles. The summed E-state index contributed by atoms with van der Waals surface area (Å²) < 4.78 is 11.9. The van der Waals surface area contributed by atoms with Gasteiger partial charge in [0.05, 0.1) is 11.6 Å². The minimum Gasteiger partial charge on any atom is -0.507 e. The number of hydrogen-bond donors (Lipinski definition) is 1. The van der Waals surface area contributed by atoms with Crippen molar-refractivity contribution in [2.45, 2.75) is 26.5 Å². The van der Waals surface area contributed by atoms with Crippen LogP contribution in [0.3, 0.4) is 0 Å². The fourth-order valence-corrected chi connectivity index (χ4v) is 5.22. The van der Waals surface area contributed by atoms with Gasteiger partial charge in [0.2, 0.25) is 0 Å². The molecule has 1 aliphatic heterocycles. The first-order chi connectivity index (χ1) is 21.0. The molecule has 1 fully saturated rings. The Labute approximate surface area is 252 Å². The van der Waals surface area contributed by atoms with Crippen molar-refractivity contribution < 1.29 is 24.2 Å². The lowest BCUT2D eigenvalue weighted by atomic mass is 9.95. The minimum absolute atomic E-state index is 0.0550. The van der Waals surface area contributed by atoms with Crippen LogP contribution in [0, 0.1) is 0 Å². The second kappa shape index (κ2) is 13.9. The third-order valence-electron chi connectivity index (χ3n) is 7.62. The number of aliphatic hydroxyl groups excluding tert-OH is 1. The van der Waals surface area contributed by atoms with Gasteiger partial charge in [-0.05, 0) is 72.7 Å². The van der Waals surface area contributed by atoms with E-state index in [1.54, 1.807) is 29.2 Å². The summed E-state index contributed by atoms with van der Waals surface area (Å²) in [5.74, 6) is 0.305. The van der Waals surface area contributed by atoms with Gasteiger partial charge in [0, 0.05) is 18.7 Å². The first-order valence-corrected chi connectivity index (χ1v) is 14.6. The molecule has 1 heterocycles. The van der Waals surface area contributed by atoms with E-state index in [0.29, 0.717) is 48.1 Å². The second-order valence-electron chi connectivity index (χ2n) is 10.3. The summed E-state index contributed by atoms with van der Waals surface area (Å²) in [5.41, 5.74) is 2.20. The topological polar surface area (TPSA) is 79.3 Å². The fraction of sp³-hybridized carbons (Fsp3) is 0.222. The van der Waals surface area contributed by atoms with E-state index in [-0.39, 0.29) is 11.3 Å². The molecule has 0 spiro atoms. The van der Waals surface area contributed by atoms with Gasteiger partial charge < -0.3 is 24.4 Å². The van der Waals surface area contributed by atoms with Crippen molar-refractivity contribution >= 4 is 17.4 Å². The minimum atomic E-state index is -0.774. The van der Waals surface area contributed by atoms with Crippen LogP contribution in [0.15, 0.2) is 115 Å². The van der Waals surface area contributed by atoms with Crippen LogP contribution < -0.4 is 9.47 Å². The van der Waals surface area contributed by atoms with Crippen molar-refractivity contribution in [2.75, 3.05) is 26.2 Å². The highest BCUT2D eigenvalue weighted by atomic mass is 16.5. The standard InChI is InChI=1S/C36H36N2O5/c1-3-37(4-2)22-23-38-33(28-14-11-17-31(24-28)43-30-15-9-6-10-16-30)32(35(40)36(38)41)34(39)27-18-20-29(21-19-27)42-25-26-12-7-5-8-13-26/h5-21,24,33,39H,3-4,22-23,25H2,1-2H3/b34-32+. The molecule has 4 aromatic rings. The zero-order chi connectivity index (χ0) is 30.2. The van der Waals surface area contributed by atoms with E-state index in [1.807, 2.05) is 84.9 Å². The summed E-state index contributed by atoms with van der Waals surface area (Å²) in [5, 5.41) is 11.5. The summed E-state index contributed by atoms with van der Waals surface area (Å²) in [6.45, 7) is 7.12. The molecule has 0 radical (unpaired) electrons. The first-order valence-electron chi connectivity index (χ1n) is 14.6. The van der Waals surface area contributed by atoms with Crippen LogP contribution in [0.25, 0.3) is 5.76 Å². The first kappa shape index (κ1) is 29.6. The van der Waals surface area contributed by atoms with Crippen molar-refractivity contribution in [2.24, 2.45) is 0 Å². The molecule has 43 heavy (non-hydrogen) atoms. The number of nitrogens with zero attached hydrogens (tertiary/aromatic N) is 2. The van der Waals surface area contributed by atoms with Crippen molar-refractivity contribution in [1.29, 1.82) is 0 Å². The molecule has 1 aliphatic rings. The van der Waals surface area contributed by atoms with Crippen LogP contribution >= 0.6 is 0 Å². The molecule has 1 amide bonds. The molecule has 7 nitrogen and oxygen atoms in total. The van der Waals surface area contributed by atoms with Gasteiger partial charge in [-0.15, -0.1) is 0 Å². The normalized spacial score (nSPS) is 16.1. The molecule has 5 rings (SSSR count). The summed E-state index contributed by atoms with van der Waals surface area (Å²) in [6, 6.07) is 32.7. The van der Waals surface area contributed by atoms with E-state index in [4.69, 9.17) is 9.47 Å². The number of amides is 1. The van der Waals surface area contributed by atoms with Gasteiger partial charge in [-0.2, -0.15) is 0 Å². The largest absolute Gasteiger partial charge is 0.507 e. The summed E-state index contributed by atoms with van der Waals surface area (Å²) in [6.07, 6.45) is 0. The predicted molar refractivity (Wildman–Crippen MR) is 167 cm³/mol. The second-order valence-corrected chi connectivity index (χ2v) is 10.3. The van der Waals surface area contributed by atoms with Crippen LogP contribution in [0.5, 0.6) is 17.2 Å². The van der Waals surface area contributed by atoms with E-state index in [0.717, 1.165) is 18.7 Å². The number of carbonyl (C=O) groups is 2. The monoisotopic (exact) mass is 576 g/mol. The third-order valence-corrected chi connectivity index (χ3v) is 7.62. The lowest BCUT2D eigenvalue weighted by molar-refractivity contribution is -0.140. The molecule has 220 valence electrons. The van der Waals surface area contributed by atoms with E-state index in [2.05, 4.69) is 18.7 Å². The maximum absolute atomic E-state index is 13.5. The van der Waals surface area contributed by atoms with Crippen molar-refractivity contribution in [3.05, 3.63) is 131 Å². The highest BCUT2D eigenvalue weighted by Crippen LogP contribution is 2.40. The molecule has 1 N–H and O–H groups in total. The number of ether oxygens (including phenoxy) is 2. The number of carbonyl (C=O) groups excluding carboxylic acids is 2. The zero-order valence-electron chi connectivity index (χ0n) is 24.5. The van der Waals surface area contributed by atoms with Crippen LogP contribution in [0.2, 0.25) is 0 Å². The Kier molecular flexibility index (Phi) is 9.54. The quantitative estimate of drug-likeness (QED) is 0.113.